The average Bonchev–Trinajstić information content (AvgIpc) is 2.79. The summed E-state index contributed by atoms with van der Waals surface area (Å²) in [6.45, 7) is 0. The lowest BCUT2D eigenvalue weighted by molar-refractivity contribution is -0.384. The maximum Gasteiger partial charge on any atom is 0.288 e. The highest BCUT2D eigenvalue weighted by molar-refractivity contribution is 6.35. The summed E-state index contributed by atoms with van der Waals surface area (Å²) in [4.78, 5) is 34.5. The first-order chi connectivity index (χ1) is 15.8. The van der Waals surface area contributed by atoms with Crippen molar-refractivity contribution in [1.82, 2.24) is 15.3 Å². The first kappa shape index (κ1) is 22.7. The third kappa shape index (κ3) is 4.98. The fraction of sp³-hybridized carbons (Fsp3) is 0.348. The van der Waals surface area contributed by atoms with Crippen molar-refractivity contribution in [3.05, 3.63) is 63.2 Å². The Kier molecular flexibility index (Phi) is 6.60. The van der Waals surface area contributed by atoms with Crippen LogP contribution in [-0.2, 0) is 0 Å². The van der Waals surface area contributed by atoms with Gasteiger partial charge in [-0.3, -0.25) is 14.9 Å². The molecule has 1 heterocycles. The second kappa shape index (κ2) is 9.58. The van der Waals surface area contributed by atoms with Gasteiger partial charge < -0.3 is 15.5 Å². The Morgan fingerprint density at radius 3 is 2.45 bits per heavy atom. The van der Waals surface area contributed by atoms with Crippen molar-refractivity contribution < 1.29 is 9.72 Å². The van der Waals surface area contributed by atoms with Gasteiger partial charge in [0.15, 0.2) is 0 Å². The first-order valence-electron chi connectivity index (χ1n) is 10.8. The Morgan fingerprint density at radius 2 is 1.76 bits per heavy atom. The van der Waals surface area contributed by atoms with Gasteiger partial charge in [-0.2, -0.15) is 4.98 Å². The maximum atomic E-state index is 12.6. The summed E-state index contributed by atoms with van der Waals surface area (Å²) in [5, 5.41) is 18.3. The summed E-state index contributed by atoms with van der Waals surface area (Å²) in [5.41, 5.74) is 0.727. The third-order valence-corrected chi connectivity index (χ3v) is 6.22. The summed E-state index contributed by atoms with van der Waals surface area (Å²) in [6, 6.07) is 12.3. The summed E-state index contributed by atoms with van der Waals surface area (Å²) in [6.07, 6.45) is 3.20. The summed E-state index contributed by atoms with van der Waals surface area (Å²) < 4.78 is 0. The van der Waals surface area contributed by atoms with E-state index in [1.807, 2.05) is 43.3 Å². The number of anilines is 2. The van der Waals surface area contributed by atoms with E-state index in [1.165, 1.54) is 18.2 Å². The number of nitro groups is 1. The highest BCUT2D eigenvalue weighted by Gasteiger charge is 2.26. The molecule has 1 aromatic heterocycles. The van der Waals surface area contributed by atoms with Gasteiger partial charge in [-0.05, 0) is 43.9 Å². The summed E-state index contributed by atoms with van der Waals surface area (Å²) in [5.74, 6) is 1.06. The number of amides is 1. The number of nitrogens with zero attached hydrogens (tertiary/aromatic N) is 4. The molecule has 0 unspecified atom stereocenters. The molecule has 10 heteroatoms. The van der Waals surface area contributed by atoms with Crippen molar-refractivity contribution in [3.63, 3.8) is 0 Å². The highest BCUT2D eigenvalue weighted by Crippen LogP contribution is 2.29. The molecule has 2 aromatic carbocycles. The van der Waals surface area contributed by atoms with E-state index in [0.717, 1.165) is 42.4 Å². The number of benzene rings is 2. The van der Waals surface area contributed by atoms with Gasteiger partial charge in [0.25, 0.3) is 11.6 Å². The Hall–Kier alpha value is -3.46. The first-order valence-corrected chi connectivity index (χ1v) is 11.2. The number of hydrogen-bond acceptors (Lipinski definition) is 7. The molecule has 0 aliphatic heterocycles. The largest absolute Gasteiger partial charge is 0.362 e. The van der Waals surface area contributed by atoms with Gasteiger partial charge in [-0.1, -0.05) is 29.8 Å². The van der Waals surface area contributed by atoms with Gasteiger partial charge >= 0.3 is 0 Å². The van der Waals surface area contributed by atoms with Crippen molar-refractivity contribution in [1.29, 1.82) is 0 Å². The standard InChI is InChI=1S/C23H25ClN6O3/c1-29(2)21-16-6-3-4-8-18(16)27-23(28-21)26-15-12-10-14(11-13-15)25-22(31)17-7-5-9-19(20(17)24)30(32)33/h3-9,14-15H,10-13H2,1-2H3,(H,25,31)(H,26,27,28). The fourth-order valence-corrected chi connectivity index (χ4v) is 4.41. The van der Waals surface area contributed by atoms with Gasteiger partial charge in [0.05, 0.1) is 16.0 Å². The van der Waals surface area contributed by atoms with Crippen LogP contribution in [0.4, 0.5) is 17.5 Å². The van der Waals surface area contributed by atoms with Crippen LogP contribution in [0.5, 0.6) is 0 Å². The second-order valence-corrected chi connectivity index (χ2v) is 8.72. The number of aromatic nitrogens is 2. The molecule has 0 spiro atoms. The molecule has 9 nitrogen and oxygen atoms in total. The van der Waals surface area contributed by atoms with Gasteiger partial charge in [-0.25, -0.2) is 4.98 Å². The van der Waals surface area contributed by atoms with Crippen LogP contribution in [0.2, 0.25) is 5.02 Å². The number of rotatable bonds is 6. The van der Waals surface area contributed by atoms with Crippen LogP contribution in [0.3, 0.4) is 0 Å². The van der Waals surface area contributed by atoms with Gasteiger partial charge in [-0.15, -0.1) is 0 Å². The Balaban J connectivity index is 1.38. The number of nitro benzene ring substituents is 1. The maximum absolute atomic E-state index is 12.6. The number of carbonyl (C=O) groups is 1. The molecule has 1 aliphatic rings. The van der Waals surface area contributed by atoms with E-state index in [1.54, 1.807) is 0 Å². The Labute approximate surface area is 196 Å². The van der Waals surface area contributed by atoms with Gasteiger partial charge in [0.1, 0.15) is 10.8 Å². The third-order valence-electron chi connectivity index (χ3n) is 5.82. The van der Waals surface area contributed by atoms with E-state index in [0.29, 0.717) is 5.95 Å². The van der Waals surface area contributed by atoms with Gasteiger partial charge in [0.2, 0.25) is 5.95 Å². The van der Waals surface area contributed by atoms with Crippen LogP contribution in [-0.4, -0.2) is 47.0 Å². The van der Waals surface area contributed by atoms with Crippen molar-refractivity contribution in [3.8, 4) is 0 Å². The topological polar surface area (TPSA) is 113 Å². The summed E-state index contributed by atoms with van der Waals surface area (Å²) >= 11 is 6.08. The predicted molar refractivity (Wildman–Crippen MR) is 129 cm³/mol. The van der Waals surface area contributed by atoms with Crippen LogP contribution in [0.25, 0.3) is 10.9 Å². The number of halogens is 1. The normalized spacial score (nSPS) is 18.0. The van der Waals surface area contributed by atoms with E-state index >= 15 is 0 Å². The molecule has 4 rings (SSSR count). The van der Waals surface area contributed by atoms with Crippen LogP contribution in [0.1, 0.15) is 36.0 Å². The number of nitrogens with one attached hydrogen (secondary N) is 2. The zero-order chi connectivity index (χ0) is 23.5. The van der Waals surface area contributed by atoms with E-state index in [9.17, 15) is 14.9 Å². The molecule has 1 aliphatic carbocycles. The van der Waals surface area contributed by atoms with Crippen molar-refractivity contribution in [2.24, 2.45) is 0 Å². The van der Waals surface area contributed by atoms with E-state index < -0.39 is 10.8 Å². The number of fused-ring (bicyclic) bond motifs is 1. The molecule has 1 fully saturated rings. The molecule has 33 heavy (non-hydrogen) atoms. The van der Waals surface area contributed by atoms with E-state index in [2.05, 4.69) is 15.6 Å². The number of carbonyl (C=O) groups excluding carboxylic acids is 1. The molecule has 1 amide bonds. The molecule has 172 valence electrons. The SMILES string of the molecule is CN(C)c1nc(NC2CCC(NC(=O)c3cccc([N+](=O)[O-])c3Cl)CC2)nc2ccccc12. The smallest absolute Gasteiger partial charge is 0.288 e. The number of hydrogen-bond donors (Lipinski definition) is 2. The fourth-order valence-electron chi connectivity index (χ4n) is 4.13. The van der Waals surface area contributed by atoms with Crippen molar-refractivity contribution in [2.45, 2.75) is 37.8 Å². The van der Waals surface area contributed by atoms with Crippen LogP contribution < -0.4 is 15.5 Å². The average molecular weight is 469 g/mol. The molecule has 2 N–H and O–H groups in total. The molecule has 0 saturated heterocycles. The quantitative estimate of drug-likeness (QED) is 0.407. The Morgan fingerprint density at radius 1 is 1.06 bits per heavy atom. The van der Waals surface area contributed by atoms with E-state index in [-0.39, 0.29) is 28.4 Å². The molecule has 3 aromatic rings. The summed E-state index contributed by atoms with van der Waals surface area (Å²) in [7, 11) is 3.92. The van der Waals surface area contributed by atoms with E-state index in [4.69, 9.17) is 16.6 Å². The molecular formula is C23H25ClN6O3. The van der Waals surface area contributed by atoms with Crippen molar-refractivity contribution in [2.75, 3.05) is 24.3 Å². The molecular weight excluding hydrogens is 444 g/mol. The highest BCUT2D eigenvalue weighted by atomic mass is 35.5. The monoisotopic (exact) mass is 468 g/mol. The molecule has 0 bridgehead atoms. The lowest BCUT2D eigenvalue weighted by Gasteiger charge is -2.30. The molecule has 0 atom stereocenters. The van der Waals surface area contributed by atoms with Gasteiger partial charge in [0, 0.05) is 37.6 Å². The van der Waals surface area contributed by atoms with Crippen LogP contribution >= 0.6 is 11.6 Å². The Bertz CT molecular complexity index is 1190. The minimum atomic E-state index is -0.591. The molecule has 0 radical (unpaired) electrons. The lowest BCUT2D eigenvalue weighted by Crippen LogP contribution is -2.40. The number of para-hydroxylation sites is 1. The minimum Gasteiger partial charge on any atom is -0.362 e. The predicted octanol–water partition coefficient (Wildman–Crippen LogP) is 4.41. The minimum absolute atomic E-state index is 0.0271. The zero-order valence-corrected chi connectivity index (χ0v) is 19.2. The lowest BCUT2D eigenvalue weighted by atomic mass is 9.91. The zero-order valence-electron chi connectivity index (χ0n) is 18.4. The molecule has 1 saturated carbocycles. The van der Waals surface area contributed by atoms with Crippen molar-refractivity contribution >= 4 is 45.9 Å². The van der Waals surface area contributed by atoms with Crippen LogP contribution in [0, 0.1) is 10.1 Å². The van der Waals surface area contributed by atoms with Crippen LogP contribution in [0.15, 0.2) is 42.5 Å². The second-order valence-electron chi connectivity index (χ2n) is 8.34.